The standard InChI is InChI=1S/C16H19NO4/c1-10-7-17(8-11(2)20-10)9-12-3-4-14-13(5-12)6-15(21-14)16(18)19/h3-6,10-11H,7-9H2,1-2H3,(H,18,19)/t10-,11+. The SMILES string of the molecule is C[C@@H]1CN(Cc2ccc3oc(C(=O)O)cc3c2)C[C@H](C)O1. The number of fused-ring (bicyclic) bond motifs is 1. The molecule has 5 nitrogen and oxygen atoms in total. The second-order valence-corrected chi connectivity index (χ2v) is 5.74. The molecule has 1 aromatic carbocycles. The number of benzene rings is 1. The van der Waals surface area contributed by atoms with Gasteiger partial charge in [-0.3, -0.25) is 4.90 Å². The van der Waals surface area contributed by atoms with Crippen molar-refractivity contribution in [2.45, 2.75) is 32.6 Å². The van der Waals surface area contributed by atoms with Gasteiger partial charge in [0.15, 0.2) is 0 Å². The van der Waals surface area contributed by atoms with Crippen molar-refractivity contribution in [2.75, 3.05) is 13.1 Å². The molecule has 3 rings (SSSR count). The van der Waals surface area contributed by atoms with Gasteiger partial charge >= 0.3 is 5.97 Å². The molecule has 0 unspecified atom stereocenters. The summed E-state index contributed by atoms with van der Waals surface area (Å²) in [5.74, 6) is -1.06. The van der Waals surface area contributed by atoms with Crippen molar-refractivity contribution in [3.63, 3.8) is 0 Å². The summed E-state index contributed by atoms with van der Waals surface area (Å²) >= 11 is 0. The Morgan fingerprint density at radius 2 is 2.00 bits per heavy atom. The minimum Gasteiger partial charge on any atom is -0.475 e. The Kier molecular flexibility index (Phi) is 3.69. The molecule has 0 saturated carbocycles. The number of furan rings is 1. The fraction of sp³-hybridized carbons (Fsp3) is 0.438. The predicted octanol–water partition coefficient (Wildman–Crippen LogP) is 2.74. The Balaban J connectivity index is 1.79. The number of carbonyl (C=O) groups is 1. The highest BCUT2D eigenvalue weighted by Crippen LogP contribution is 2.22. The molecule has 21 heavy (non-hydrogen) atoms. The normalized spacial score (nSPS) is 23.5. The molecule has 0 bridgehead atoms. The molecule has 1 saturated heterocycles. The minimum atomic E-state index is -1.04. The van der Waals surface area contributed by atoms with Crippen LogP contribution < -0.4 is 0 Å². The maximum atomic E-state index is 10.9. The predicted molar refractivity (Wildman–Crippen MR) is 78.5 cm³/mol. The van der Waals surface area contributed by atoms with Crippen LogP contribution in [0.2, 0.25) is 0 Å². The van der Waals surface area contributed by atoms with Crippen molar-refractivity contribution in [1.82, 2.24) is 4.90 Å². The van der Waals surface area contributed by atoms with Gasteiger partial charge in [-0.05, 0) is 37.6 Å². The molecule has 2 aromatic rings. The number of hydrogen-bond acceptors (Lipinski definition) is 4. The van der Waals surface area contributed by atoms with Gasteiger partial charge in [0.2, 0.25) is 5.76 Å². The van der Waals surface area contributed by atoms with Crippen LogP contribution in [0.5, 0.6) is 0 Å². The van der Waals surface area contributed by atoms with Crippen molar-refractivity contribution in [1.29, 1.82) is 0 Å². The maximum Gasteiger partial charge on any atom is 0.371 e. The number of ether oxygens (including phenoxy) is 1. The minimum absolute atomic E-state index is 0.0178. The second-order valence-electron chi connectivity index (χ2n) is 5.74. The molecule has 0 spiro atoms. The van der Waals surface area contributed by atoms with Gasteiger partial charge in [-0.25, -0.2) is 4.79 Å². The molecule has 1 aliphatic rings. The molecule has 5 heteroatoms. The Hall–Kier alpha value is -1.85. The molecule has 0 aliphatic carbocycles. The smallest absolute Gasteiger partial charge is 0.371 e. The van der Waals surface area contributed by atoms with E-state index in [4.69, 9.17) is 14.3 Å². The van der Waals surface area contributed by atoms with E-state index in [1.807, 2.05) is 18.2 Å². The second kappa shape index (κ2) is 5.50. The lowest BCUT2D eigenvalue weighted by molar-refractivity contribution is -0.0704. The van der Waals surface area contributed by atoms with E-state index in [2.05, 4.69) is 18.7 Å². The zero-order valence-electron chi connectivity index (χ0n) is 12.2. The summed E-state index contributed by atoms with van der Waals surface area (Å²) in [6, 6.07) is 7.40. The number of nitrogens with zero attached hydrogens (tertiary/aromatic N) is 1. The average Bonchev–Trinajstić information content (AvgIpc) is 2.80. The highest BCUT2D eigenvalue weighted by atomic mass is 16.5. The third-order valence-corrected chi connectivity index (χ3v) is 3.69. The Labute approximate surface area is 123 Å². The van der Waals surface area contributed by atoms with E-state index in [1.165, 1.54) is 0 Å². The lowest BCUT2D eigenvalue weighted by Crippen LogP contribution is -2.44. The van der Waals surface area contributed by atoms with Gasteiger partial charge < -0.3 is 14.3 Å². The summed E-state index contributed by atoms with van der Waals surface area (Å²) in [4.78, 5) is 13.3. The van der Waals surface area contributed by atoms with Crippen molar-refractivity contribution >= 4 is 16.9 Å². The third-order valence-electron chi connectivity index (χ3n) is 3.69. The van der Waals surface area contributed by atoms with Gasteiger partial charge in [0, 0.05) is 25.0 Å². The van der Waals surface area contributed by atoms with Gasteiger partial charge in [-0.1, -0.05) is 6.07 Å². The molecule has 1 aliphatic heterocycles. The molecule has 2 heterocycles. The van der Waals surface area contributed by atoms with E-state index in [1.54, 1.807) is 6.07 Å². The van der Waals surface area contributed by atoms with Crippen LogP contribution in [-0.4, -0.2) is 41.3 Å². The van der Waals surface area contributed by atoms with Gasteiger partial charge in [-0.15, -0.1) is 0 Å². The van der Waals surface area contributed by atoms with Crippen LogP contribution >= 0.6 is 0 Å². The molecule has 1 fully saturated rings. The number of rotatable bonds is 3. The first-order valence-electron chi connectivity index (χ1n) is 7.15. The lowest BCUT2D eigenvalue weighted by atomic mass is 10.1. The zero-order valence-corrected chi connectivity index (χ0v) is 12.2. The average molecular weight is 289 g/mol. The molecular formula is C16H19NO4. The molecule has 0 radical (unpaired) electrons. The van der Waals surface area contributed by atoms with E-state index < -0.39 is 5.97 Å². The Morgan fingerprint density at radius 1 is 1.29 bits per heavy atom. The number of carboxylic acid groups (broad SMARTS) is 1. The summed E-state index contributed by atoms with van der Waals surface area (Å²) < 4.78 is 11.0. The zero-order chi connectivity index (χ0) is 15.0. The highest BCUT2D eigenvalue weighted by Gasteiger charge is 2.22. The summed E-state index contributed by atoms with van der Waals surface area (Å²) in [6.07, 6.45) is 0.482. The first-order chi connectivity index (χ1) is 10.0. The number of aromatic carboxylic acids is 1. The van der Waals surface area contributed by atoms with Crippen LogP contribution in [0.4, 0.5) is 0 Å². The molecule has 2 atom stereocenters. The van der Waals surface area contributed by atoms with Crippen LogP contribution in [0, 0.1) is 0 Å². The van der Waals surface area contributed by atoms with Crippen molar-refractivity contribution in [2.24, 2.45) is 0 Å². The molecular weight excluding hydrogens is 270 g/mol. The summed E-state index contributed by atoms with van der Waals surface area (Å²) in [5, 5.41) is 9.79. The van der Waals surface area contributed by atoms with Gasteiger partial charge in [0.1, 0.15) is 5.58 Å². The summed E-state index contributed by atoms with van der Waals surface area (Å²) in [6.45, 7) is 6.83. The maximum absolute atomic E-state index is 10.9. The van der Waals surface area contributed by atoms with E-state index in [0.717, 1.165) is 30.6 Å². The van der Waals surface area contributed by atoms with Crippen molar-refractivity contribution < 1.29 is 19.1 Å². The van der Waals surface area contributed by atoms with Gasteiger partial charge in [0.25, 0.3) is 0 Å². The van der Waals surface area contributed by atoms with Crippen LogP contribution in [0.15, 0.2) is 28.7 Å². The van der Waals surface area contributed by atoms with Crippen LogP contribution in [0.25, 0.3) is 11.0 Å². The molecule has 0 amide bonds. The third kappa shape index (κ3) is 3.09. The lowest BCUT2D eigenvalue weighted by Gasteiger charge is -2.35. The molecule has 112 valence electrons. The largest absolute Gasteiger partial charge is 0.475 e. The van der Waals surface area contributed by atoms with Crippen molar-refractivity contribution in [3.05, 3.63) is 35.6 Å². The van der Waals surface area contributed by atoms with E-state index in [9.17, 15) is 4.79 Å². The van der Waals surface area contributed by atoms with Crippen LogP contribution in [-0.2, 0) is 11.3 Å². The Morgan fingerprint density at radius 3 is 2.67 bits per heavy atom. The van der Waals surface area contributed by atoms with E-state index >= 15 is 0 Å². The molecule has 1 aromatic heterocycles. The first-order valence-corrected chi connectivity index (χ1v) is 7.15. The van der Waals surface area contributed by atoms with Gasteiger partial charge in [0.05, 0.1) is 12.2 Å². The fourth-order valence-corrected chi connectivity index (χ4v) is 2.97. The van der Waals surface area contributed by atoms with Crippen LogP contribution in [0.1, 0.15) is 30.0 Å². The number of carboxylic acids is 1. The molecule has 1 N–H and O–H groups in total. The van der Waals surface area contributed by atoms with Crippen LogP contribution in [0.3, 0.4) is 0 Å². The van der Waals surface area contributed by atoms with Gasteiger partial charge in [-0.2, -0.15) is 0 Å². The number of hydrogen-bond donors (Lipinski definition) is 1. The van der Waals surface area contributed by atoms with Crippen molar-refractivity contribution in [3.8, 4) is 0 Å². The highest BCUT2D eigenvalue weighted by molar-refractivity contribution is 5.91. The first kappa shape index (κ1) is 14.1. The monoisotopic (exact) mass is 289 g/mol. The topological polar surface area (TPSA) is 62.9 Å². The summed E-state index contributed by atoms with van der Waals surface area (Å²) in [7, 11) is 0. The van der Waals surface area contributed by atoms with E-state index in [-0.39, 0.29) is 18.0 Å². The fourth-order valence-electron chi connectivity index (χ4n) is 2.97. The van der Waals surface area contributed by atoms with E-state index in [0.29, 0.717) is 5.58 Å². The Bertz CT molecular complexity index is 653. The quantitative estimate of drug-likeness (QED) is 0.941. The number of morpholine rings is 1. The summed E-state index contributed by atoms with van der Waals surface area (Å²) in [5.41, 5.74) is 1.77.